The first kappa shape index (κ1) is 24.6. The maximum Gasteiger partial charge on any atom is 0.132 e. The van der Waals surface area contributed by atoms with Crippen molar-refractivity contribution in [1.82, 2.24) is 10.2 Å². The average Bonchev–Trinajstić information content (AvgIpc) is 3.25. The number of rotatable bonds is 7. The van der Waals surface area contributed by atoms with E-state index in [1.165, 1.54) is 22.4 Å². The van der Waals surface area contributed by atoms with Crippen molar-refractivity contribution in [3.63, 3.8) is 0 Å². The summed E-state index contributed by atoms with van der Waals surface area (Å²) in [7, 11) is 1.96. The molecule has 0 atom stereocenters. The molecule has 1 fully saturated rings. The fourth-order valence-electron chi connectivity index (χ4n) is 4.49. The summed E-state index contributed by atoms with van der Waals surface area (Å²) in [4.78, 5) is 4.50. The second kappa shape index (κ2) is 11.6. The van der Waals surface area contributed by atoms with Gasteiger partial charge in [-0.1, -0.05) is 38.5 Å². The van der Waals surface area contributed by atoms with Crippen molar-refractivity contribution < 1.29 is 4.42 Å². The van der Waals surface area contributed by atoms with Gasteiger partial charge in [-0.25, -0.2) is 0 Å². The number of hydrogen-bond acceptors (Lipinski definition) is 4. The highest BCUT2D eigenvalue weighted by Crippen LogP contribution is 2.32. The number of nitrogens with zero attached hydrogens (tertiary/aromatic N) is 2. The molecule has 5 heteroatoms. The van der Waals surface area contributed by atoms with Crippen LogP contribution in [0.5, 0.6) is 0 Å². The summed E-state index contributed by atoms with van der Waals surface area (Å²) < 4.78 is 5.60. The summed E-state index contributed by atoms with van der Waals surface area (Å²) in [6, 6.07) is 8.37. The fraction of sp³-hybridized carbons (Fsp3) is 0.500. The first-order valence-corrected chi connectivity index (χ1v) is 11.6. The van der Waals surface area contributed by atoms with Crippen molar-refractivity contribution in [2.45, 2.75) is 67.3 Å². The largest absolute Gasteiger partial charge is 0.467 e. The lowest BCUT2D eigenvalue weighted by Crippen LogP contribution is -2.41. The van der Waals surface area contributed by atoms with Crippen molar-refractivity contribution in [2.24, 2.45) is 0 Å². The normalized spacial score (nSPS) is 15.3. The minimum Gasteiger partial charge on any atom is -0.467 e. The topological polar surface area (TPSA) is 55.5 Å². The van der Waals surface area contributed by atoms with Crippen LogP contribution in [0.4, 0.5) is 5.69 Å². The average molecular weight is 425 g/mol. The Morgan fingerprint density at radius 2 is 1.87 bits per heavy atom. The number of aryl methyl sites for hydroxylation is 3. The lowest BCUT2D eigenvalue weighted by molar-refractivity contribution is 0.286. The maximum absolute atomic E-state index is 9.07. The van der Waals surface area contributed by atoms with E-state index in [2.05, 4.69) is 54.9 Å². The Labute approximate surface area is 188 Å². The van der Waals surface area contributed by atoms with E-state index in [1.54, 1.807) is 6.26 Å². The van der Waals surface area contributed by atoms with Crippen LogP contribution in [-0.2, 0) is 6.54 Å². The van der Waals surface area contributed by atoms with Crippen molar-refractivity contribution in [3.8, 4) is 0 Å². The summed E-state index contributed by atoms with van der Waals surface area (Å²) in [6.07, 6.45) is 4.70. The number of furan rings is 1. The summed E-state index contributed by atoms with van der Waals surface area (Å²) in [5.74, 6) is 2.59. The van der Waals surface area contributed by atoms with Gasteiger partial charge in [0.05, 0.1) is 12.8 Å². The van der Waals surface area contributed by atoms with Crippen LogP contribution in [0.3, 0.4) is 0 Å². The van der Waals surface area contributed by atoms with Gasteiger partial charge in [-0.3, -0.25) is 5.41 Å². The Hall–Kier alpha value is -2.69. The van der Waals surface area contributed by atoms with Crippen LogP contribution in [0.2, 0.25) is 0 Å². The monoisotopic (exact) mass is 424 g/mol. The predicted molar refractivity (Wildman–Crippen MR) is 132 cm³/mol. The zero-order chi connectivity index (χ0) is 23.0. The lowest BCUT2D eigenvalue weighted by atomic mass is 9.98. The van der Waals surface area contributed by atoms with Gasteiger partial charge in [-0.2, -0.15) is 0 Å². The van der Waals surface area contributed by atoms with Crippen LogP contribution in [0.1, 0.15) is 62.5 Å². The molecule has 31 heavy (non-hydrogen) atoms. The van der Waals surface area contributed by atoms with E-state index in [0.717, 1.165) is 49.5 Å². The number of anilines is 1. The fourth-order valence-corrected chi connectivity index (χ4v) is 4.49. The molecule has 3 rings (SSSR count). The van der Waals surface area contributed by atoms with Gasteiger partial charge >= 0.3 is 0 Å². The molecule has 0 aliphatic carbocycles. The predicted octanol–water partition coefficient (Wildman–Crippen LogP) is 6.15. The summed E-state index contributed by atoms with van der Waals surface area (Å²) in [6.45, 7) is 15.1. The zero-order valence-corrected chi connectivity index (χ0v) is 20.4. The van der Waals surface area contributed by atoms with Crippen LogP contribution in [0.25, 0.3) is 0 Å². The highest BCUT2D eigenvalue weighted by molar-refractivity contribution is 6.09. The third-order valence-electron chi connectivity index (χ3n) is 5.53. The van der Waals surface area contributed by atoms with Gasteiger partial charge in [-0.15, -0.1) is 0 Å². The molecule has 2 aromatic rings. The summed E-state index contributed by atoms with van der Waals surface area (Å²) in [5.41, 5.74) is 6.01. The Kier molecular flexibility index (Phi) is 9.22. The van der Waals surface area contributed by atoms with Crippen LogP contribution in [0, 0.1) is 26.2 Å². The van der Waals surface area contributed by atoms with Crippen molar-refractivity contribution in [2.75, 3.05) is 25.0 Å². The van der Waals surface area contributed by atoms with Crippen molar-refractivity contribution in [3.05, 3.63) is 64.4 Å². The highest BCUT2D eigenvalue weighted by atomic mass is 16.3. The smallest absolute Gasteiger partial charge is 0.132 e. The van der Waals surface area contributed by atoms with E-state index in [-0.39, 0.29) is 0 Å². The molecule has 0 bridgehead atoms. The molecule has 1 aliphatic heterocycles. The number of piperidine rings is 1. The van der Waals surface area contributed by atoms with Crippen LogP contribution in [-0.4, -0.2) is 30.9 Å². The molecule has 1 aromatic carbocycles. The van der Waals surface area contributed by atoms with E-state index in [9.17, 15) is 0 Å². The molecule has 2 N–H and O–H groups in total. The SMILES string of the molecule is CC.CCCN(Cc1ccco1)/C(NC)=C1\CCCN(c2c(C)cc(C)cc2C)C1=N. The molecule has 0 spiro atoms. The van der Waals surface area contributed by atoms with E-state index in [0.29, 0.717) is 12.4 Å². The van der Waals surface area contributed by atoms with E-state index in [4.69, 9.17) is 9.83 Å². The molecule has 0 saturated carbocycles. The van der Waals surface area contributed by atoms with Crippen LogP contribution < -0.4 is 10.2 Å². The van der Waals surface area contributed by atoms with Gasteiger partial charge in [0.2, 0.25) is 0 Å². The molecule has 1 aromatic heterocycles. The molecule has 0 radical (unpaired) electrons. The van der Waals surface area contributed by atoms with Crippen molar-refractivity contribution in [1.29, 1.82) is 5.41 Å². The van der Waals surface area contributed by atoms with Crippen LogP contribution >= 0.6 is 0 Å². The van der Waals surface area contributed by atoms with Gasteiger partial charge in [0.1, 0.15) is 17.4 Å². The Morgan fingerprint density at radius 1 is 1.19 bits per heavy atom. The molecule has 1 aliphatic rings. The van der Waals surface area contributed by atoms with Gasteiger partial charge in [0.15, 0.2) is 0 Å². The molecule has 1 saturated heterocycles. The van der Waals surface area contributed by atoms with E-state index >= 15 is 0 Å². The first-order chi connectivity index (χ1) is 15.0. The maximum atomic E-state index is 9.07. The minimum atomic E-state index is 0.608. The minimum absolute atomic E-state index is 0.608. The number of hydrogen-bond donors (Lipinski definition) is 2. The molecular formula is C26H40N4O. The van der Waals surface area contributed by atoms with Crippen molar-refractivity contribution >= 4 is 11.5 Å². The summed E-state index contributed by atoms with van der Waals surface area (Å²) in [5, 5.41) is 12.5. The standard InChI is InChI=1S/C24H34N4O.C2H6/c1-6-11-27(16-20-9-8-13-29-20)24(26-5)21-10-7-12-28(23(21)25)22-18(3)14-17(2)15-19(22)4;1-2/h8-9,13-15,25-26H,6-7,10-12,16H2,1-5H3;1-2H3/b24-21+,25-23?;. The van der Waals surface area contributed by atoms with Crippen LogP contribution in [0.15, 0.2) is 46.3 Å². The third kappa shape index (κ3) is 5.72. The quantitative estimate of drug-likeness (QED) is 0.559. The van der Waals surface area contributed by atoms with E-state index in [1.807, 2.05) is 33.0 Å². The van der Waals surface area contributed by atoms with Gasteiger partial charge in [0.25, 0.3) is 0 Å². The number of benzene rings is 1. The molecule has 0 unspecified atom stereocenters. The molecule has 2 heterocycles. The highest BCUT2D eigenvalue weighted by Gasteiger charge is 2.28. The number of nitrogens with one attached hydrogen (secondary N) is 2. The Balaban J connectivity index is 0.00000166. The molecule has 170 valence electrons. The molecule has 5 nitrogen and oxygen atoms in total. The third-order valence-corrected chi connectivity index (χ3v) is 5.53. The number of amidine groups is 1. The second-order valence-electron chi connectivity index (χ2n) is 7.93. The van der Waals surface area contributed by atoms with Gasteiger partial charge in [0, 0.05) is 31.4 Å². The Morgan fingerprint density at radius 3 is 2.42 bits per heavy atom. The molecular weight excluding hydrogens is 384 g/mol. The zero-order valence-electron chi connectivity index (χ0n) is 20.4. The first-order valence-electron chi connectivity index (χ1n) is 11.6. The second-order valence-corrected chi connectivity index (χ2v) is 7.93. The molecule has 0 amide bonds. The van der Waals surface area contributed by atoms with Gasteiger partial charge in [-0.05, 0) is 63.3 Å². The van der Waals surface area contributed by atoms with E-state index < -0.39 is 0 Å². The lowest BCUT2D eigenvalue weighted by Gasteiger charge is -2.37. The Bertz CT molecular complexity index is 860. The van der Waals surface area contributed by atoms with Gasteiger partial charge < -0.3 is 19.5 Å². The summed E-state index contributed by atoms with van der Waals surface area (Å²) >= 11 is 0.